The van der Waals surface area contributed by atoms with Crippen LogP contribution in [0.4, 0.5) is 21.6 Å². The Morgan fingerprint density at radius 1 is 1.29 bits per heavy atom. The van der Waals surface area contributed by atoms with E-state index in [1.165, 1.54) is 24.5 Å². The van der Waals surface area contributed by atoms with E-state index in [0.29, 0.717) is 53.6 Å². The smallest absolute Gasteiger partial charge is 0.300 e. The number of hydrogen-bond acceptors (Lipinski definition) is 8. The Hall–Kier alpha value is -3.80. The fraction of sp³-hybridized carbons (Fsp3) is 0.308. The second-order valence-electron chi connectivity index (χ2n) is 8.62. The highest BCUT2D eigenvalue weighted by molar-refractivity contribution is 6.31. The standard InChI is InChI=1S/C24H25ClFN5O3.C2H4O2/c1-31(2)8-3-4-23(32)30-21-11-17-20(12-22(21)34-16-7-9-33-13-16)27-14-28-24(17)29-15-5-6-19(26)18(25)10-15;1-2(3)4/h3-6,10-12,14,16H,7-9,13H2,1-2H3,(H,30,32)(H,27,28,29);1H3,(H,3,4)/b4-3+;/t16-;/m0./s1. The van der Waals surface area contributed by atoms with Crippen LogP contribution < -0.4 is 15.4 Å². The number of hydrogen-bond donors (Lipinski definition) is 3. The van der Waals surface area contributed by atoms with Crippen molar-refractivity contribution in [3.63, 3.8) is 0 Å². The number of carbonyl (C=O) groups excluding carboxylic acids is 1. The molecule has 12 heteroatoms. The van der Waals surface area contributed by atoms with Gasteiger partial charge in [-0.15, -0.1) is 0 Å². The Labute approximate surface area is 224 Å². The molecule has 0 bridgehead atoms. The van der Waals surface area contributed by atoms with Gasteiger partial charge in [0.25, 0.3) is 5.97 Å². The summed E-state index contributed by atoms with van der Waals surface area (Å²) < 4.78 is 25.1. The lowest BCUT2D eigenvalue weighted by Crippen LogP contribution is -2.18. The number of aliphatic carboxylic acids is 1. The molecule has 3 aromatic rings. The van der Waals surface area contributed by atoms with Crippen molar-refractivity contribution in [2.24, 2.45) is 0 Å². The highest BCUT2D eigenvalue weighted by Crippen LogP contribution is 2.35. The average molecular weight is 546 g/mol. The van der Waals surface area contributed by atoms with Gasteiger partial charge in [-0.25, -0.2) is 14.4 Å². The number of halogens is 2. The molecule has 0 aliphatic carbocycles. The number of amides is 1. The van der Waals surface area contributed by atoms with Gasteiger partial charge in [0.2, 0.25) is 5.91 Å². The fourth-order valence-corrected chi connectivity index (χ4v) is 3.60. The molecule has 1 saturated heterocycles. The number of likely N-dealkylation sites (N-methyl/N-ethyl adjacent to an activating group) is 1. The number of carbonyl (C=O) groups is 2. The van der Waals surface area contributed by atoms with Gasteiger partial charge in [-0.1, -0.05) is 17.7 Å². The first-order chi connectivity index (χ1) is 18.1. The number of benzene rings is 2. The molecule has 1 amide bonds. The van der Waals surface area contributed by atoms with E-state index in [4.69, 9.17) is 31.0 Å². The molecule has 1 fully saturated rings. The van der Waals surface area contributed by atoms with Gasteiger partial charge in [-0.05, 0) is 38.4 Å². The molecular formula is C26H29ClFN5O5. The molecule has 202 valence electrons. The molecule has 1 aliphatic heterocycles. The predicted molar refractivity (Wildman–Crippen MR) is 144 cm³/mol. The number of fused-ring (bicyclic) bond motifs is 1. The molecule has 1 atom stereocenters. The molecule has 0 unspecified atom stereocenters. The number of nitrogens with one attached hydrogen (secondary N) is 2. The van der Waals surface area contributed by atoms with Crippen LogP contribution in [-0.2, 0) is 14.3 Å². The van der Waals surface area contributed by atoms with Crippen molar-refractivity contribution in [2.75, 3.05) is 44.5 Å². The van der Waals surface area contributed by atoms with E-state index in [0.717, 1.165) is 13.3 Å². The van der Waals surface area contributed by atoms with Crippen LogP contribution in [0.3, 0.4) is 0 Å². The van der Waals surface area contributed by atoms with Crippen molar-refractivity contribution >= 4 is 51.6 Å². The summed E-state index contributed by atoms with van der Waals surface area (Å²) >= 11 is 5.91. The second-order valence-corrected chi connectivity index (χ2v) is 9.03. The molecule has 0 saturated carbocycles. The molecule has 4 rings (SSSR count). The first-order valence-corrected chi connectivity index (χ1v) is 12.1. The fourth-order valence-electron chi connectivity index (χ4n) is 3.42. The molecule has 0 radical (unpaired) electrons. The van der Waals surface area contributed by atoms with Crippen molar-refractivity contribution in [1.82, 2.24) is 14.9 Å². The van der Waals surface area contributed by atoms with E-state index in [1.54, 1.807) is 24.3 Å². The zero-order valence-corrected chi connectivity index (χ0v) is 22.0. The Kier molecular flexibility index (Phi) is 10.3. The van der Waals surface area contributed by atoms with Crippen LogP contribution >= 0.6 is 11.6 Å². The molecule has 3 N–H and O–H groups in total. The van der Waals surface area contributed by atoms with E-state index in [9.17, 15) is 9.18 Å². The molecular weight excluding hydrogens is 517 g/mol. The van der Waals surface area contributed by atoms with E-state index in [2.05, 4.69) is 20.6 Å². The third kappa shape index (κ3) is 8.65. The number of ether oxygens (including phenoxy) is 2. The van der Waals surface area contributed by atoms with Crippen molar-refractivity contribution < 1.29 is 28.6 Å². The molecule has 2 aromatic carbocycles. The lowest BCUT2D eigenvalue weighted by Gasteiger charge is -2.17. The Bertz CT molecular complexity index is 1310. The minimum absolute atomic E-state index is 0.00436. The highest BCUT2D eigenvalue weighted by Gasteiger charge is 2.20. The molecule has 1 aliphatic rings. The van der Waals surface area contributed by atoms with Crippen molar-refractivity contribution in [2.45, 2.75) is 19.4 Å². The lowest BCUT2D eigenvalue weighted by molar-refractivity contribution is -0.134. The molecule has 1 aromatic heterocycles. The van der Waals surface area contributed by atoms with Crippen LogP contribution in [-0.4, -0.2) is 71.8 Å². The largest absolute Gasteiger partial charge is 0.486 e. The summed E-state index contributed by atoms with van der Waals surface area (Å²) in [7, 11) is 3.84. The first kappa shape index (κ1) is 28.8. The maximum Gasteiger partial charge on any atom is 0.300 e. The number of rotatable bonds is 8. The molecule has 38 heavy (non-hydrogen) atoms. The number of carboxylic acids is 1. The summed E-state index contributed by atoms with van der Waals surface area (Å²) in [5.74, 6) is -0.663. The van der Waals surface area contributed by atoms with Crippen LogP contribution in [0.25, 0.3) is 10.9 Å². The lowest BCUT2D eigenvalue weighted by atomic mass is 10.1. The van der Waals surface area contributed by atoms with E-state index in [1.807, 2.05) is 19.0 Å². The van der Waals surface area contributed by atoms with Gasteiger partial charge in [-0.2, -0.15) is 0 Å². The molecule has 10 nitrogen and oxygen atoms in total. The molecule has 2 heterocycles. The van der Waals surface area contributed by atoms with Crippen molar-refractivity contribution in [3.05, 3.63) is 59.7 Å². The first-order valence-electron chi connectivity index (χ1n) is 11.7. The zero-order valence-electron chi connectivity index (χ0n) is 21.2. The monoisotopic (exact) mass is 545 g/mol. The van der Waals surface area contributed by atoms with Crippen LogP contribution in [0.15, 0.2) is 48.8 Å². The van der Waals surface area contributed by atoms with Gasteiger partial charge in [0.15, 0.2) is 0 Å². The van der Waals surface area contributed by atoms with Crippen LogP contribution in [0.2, 0.25) is 5.02 Å². The highest BCUT2D eigenvalue weighted by atomic mass is 35.5. The topological polar surface area (TPSA) is 126 Å². The van der Waals surface area contributed by atoms with Crippen LogP contribution in [0, 0.1) is 5.82 Å². The van der Waals surface area contributed by atoms with E-state index in [-0.39, 0.29) is 17.0 Å². The van der Waals surface area contributed by atoms with Gasteiger partial charge in [0.1, 0.15) is 29.8 Å². The third-order valence-electron chi connectivity index (χ3n) is 5.10. The number of nitrogens with zero attached hydrogens (tertiary/aromatic N) is 3. The minimum Gasteiger partial charge on any atom is -0.486 e. The average Bonchev–Trinajstić information content (AvgIpc) is 3.35. The maximum atomic E-state index is 13.6. The second kappa shape index (κ2) is 13.7. The quantitative estimate of drug-likeness (QED) is 0.351. The van der Waals surface area contributed by atoms with Gasteiger partial charge in [0.05, 0.1) is 29.4 Å². The summed E-state index contributed by atoms with van der Waals surface area (Å²) in [6.07, 6.45) is 5.32. The maximum absolute atomic E-state index is 13.6. The Morgan fingerprint density at radius 3 is 2.71 bits per heavy atom. The molecule has 0 spiro atoms. The van der Waals surface area contributed by atoms with Gasteiger partial charge >= 0.3 is 0 Å². The minimum atomic E-state index is -0.833. The summed E-state index contributed by atoms with van der Waals surface area (Å²) in [5.41, 5.74) is 1.65. The van der Waals surface area contributed by atoms with Crippen molar-refractivity contribution in [1.29, 1.82) is 0 Å². The number of anilines is 3. The number of carboxylic acid groups (broad SMARTS) is 1. The Morgan fingerprint density at radius 2 is 2.05 bits per heavy atom. The normalized spacial score (nSPS) is 14.8. The number of aromatic nitrogens is 2. The third-order valence-corrected chi connectivity index (χ3v) is 5.39. The van der Waals surface area contributed by atoms with Crippen molar-refractivity contribution in [3.8, 4) is 5.75 Å². The van der Waals surface area contributed by atoms with Crippen LogP contribution in [0.1, 0.15) is 13.3 Å². The zero-order chi connectivity index (χ0) is 27.7. The van der Waals surface area contributed by atoms with E-state index >= 15 is 0 Å². The van der Waals surface area contributed by atoms with Gasteiger partial charge < -0.3 is 30.1 Å². The SMILES string of the molecule is CC(=O)O.CN(C)C/C=C/C(=O)Nc1cc2c(Nc3ccc(F)c(Cl)c3)ncnc2cc1O[C@H]1CCOC1. The van der Waals surface area contributed by atoms with Gasteiger partial charge in [0, 0.05) is 43.1 Å². The van der Waals surface area contributed by atoms with E-state index < -0.39 is 11.8 Å². The summed E-state index contributed by atoms with van der Waals surface area (Å²) in [4.78, 5) is 32.2. The predicted octanol–water partition coefficient (Wildman–Crippen LogP) is 4.48. The summed E-state index contributed by atoms with van der Waals surface area (Å²) in [6.45, 7) is 2.83. The van der Waals surface area contributed by atoms with Gasteiger partial charge in [-0.3, -0.25) is 9.59 Å². The Balaban J connectivity index is 0.000000934. The van der Waals surface area contributed by atoms with Crippen LogP contribution in [0.5, 0.6) is 5.75 Å². The summed E-state index contributed by atoms with van der Waals surface area (Å²) in [6, 6.07) is 7.82. The summed E-state index contributed by atoms with van der Waals surface area (Å²) in [5, 5.41) is 14.1.